The van der Waals surface area contributed by atoms with Gasteiger partial charge in [0.25, 0.3) is 0 Å². The Bertz CT molecular complexity index is 263. The third-order valence-corrected chi connectivity index (χ3v) is 3.97. The maximum atomic E-state index is 11.9. The maximum Gasteiger partial charge on any atom is 0.224 e. The van der Waals surface area contributed by atoms with Crippen molar-refractivity contribution >= 4 is 30.7 Å². The van der Waals surface area contributed by atoms with Gasteiger partial charge in [-0.3, -0.25) is 4.79 Å². The summed E-state index contributed by atoms with van der Waals surface area (Å²) in [5.41, 5.74) is 5.67. The van der Waals surface area contributed by atoms with Crippen LogP contribution in [-0.2, 0) is 4.79 Å². The van der Waals surface area contributed by atoms with E-state index in [1.165, 1.54) is 25.9 Å². The molecule has 0 spiro atoms. The lowest BCUT2D eigenvalue weighted by Gasteiger charge is -2.36. The van der Waals surface area contributed by atoms with Crippen LogP contribution in [0.1, 0.15) is 39.0 Å². The van der Waals surface area contributed by atoms with Gasteiger partial charge in [0.2, 0.25) is 5.91 Å². The average molecular weight is 312 g/mol. The molecule has 2 saturated heterocycles. The highest BCUT2D eigenvalue weighted by atomic mass is 35.5. The minimum atomic E-state index is -0.0150. The molecule has 2 aliphatic heterocycles. The number of hydrogen-bond donors (Lipinski definition) is 1. The summed E-state index contributed by atoms with van der Waals surface area (Å²) in [7, 11) is 0. The fourth-order valence-electron chi connectivity index (χ4n) is 2.99. The lowest BCUT2D eigenvalue weighted by atomic mass is 10.0. The molecule has 0 aromatic carbocycles. The van der Waals surface area contributed by atoms with Crippen molar-refractivity contribution in [2.75, 3.05) is 26.2 Å². The predicted molar refractivity (Wildman–Crippen MR) is 83.2 cm³/mol. The molecule has 0 saturated carbocycles. The van der Waals surface area contributed by atoms with Crippen LogP contribution >= 0.6 is 24.8 Å². The van der Waals surface area contributed by atoms with E-state index in [1.807, 2.05) is 11.8 Å². The van der Waals surface area contributed by atoms with Crippen molar-refractivity contribution in [1.82, 2.24) is 9.80 Å². The molecule has 0 aromatic rings. The van der Waals surface area contributed by atoms with Gasteiger partial charge in [0.1, 0.15) is 0 Å². The molecule has 19 heavy (non-hydrogen) atoms. The fourth-order valence-corrected chi connectivity index (χ4v) is 2.99. The number of halogens is 2. The van der Waals surface area contributed by atoms with E-state index in [4.69, 9.17) is 5.73 Å². The zero-order chi connectivity index (χ0) is 12.3. The molecular weight excluding hydrogens is 285 g/mol. The molecule has 0 aliphatic carbocycles. The zero-order valence-electron chi connectivity index (χ0n) is 11.7. The van der Waals surface area contributed by atoms with Crippen LogP contribution in [0, 0.1) is 0 Å². The topological polar surface area (TPSA) is 49.6 Å². The minimum absolute atomic E-state index is 0. The molecule has 114 valence electrons. The molecule has 2 N–H and O–H groups in total. The second-order valence-corrected chi connectivity index (χ2v) is 5.54. The standard InChI is InChI=1S/C13H25N3O.2ClH/c1-11(14)10-13(17)16-8-4-12(5-9-16)15-6-2-3-7-15;;/h11-12H,2-10,14H2,1H3;2*1H. The summed E-state index contributed by atoms with van der Waals surface area (Å²) in [4.78, 5) is 16.5. The average Bonchev–Trinajstić information content (AvgIpc) is 2.82. The number of amides is 1. The second-order valence-electron chi connectivity index (χ2n) is 5.54. The first-order valence-corrected chi connectivity index (χ1v) is 6.94. The molecule has 4 nitrogen and oxygen atoms in total. The highest BCUT2D eigenvalue weighted by Crippen LogP contribution is 2.21. The highest BCUT2D eigenvalue weighted by Gasteiger charge is 2.28. The van der Waals surface area contributed by atoms with E-state index in [0.29, 0.717) is 6.42 Å². The molecule has 2 fully saturated rings. The number of carbonyl (C=O) groups excluding carboxylic acids is 1. The number of likely N-dealkylation sites (tertiary alicyclic amines) is 2. The van der Waals surface area contributed by atoms with E-state index in [9.17, 15) is 4.79 Å². The van der Waals surface area contributed by atoms with Crippen molar-refractivity contribution in [3.05, 3.63) is 0 Å². The van der Waals surface area contributed by atoms with Gasteiger partial charge in [-0.2, -0.15) is 0 Å². The molecule has 2 heterocycles. The molecule has 0 bridgehead atoms. The Morgan fingerprint density at radius 1 is 1.16 bits per heavy atom. The van der Waals surface area contributed by atoms with E-state index in [-0.39, 0.29) is 36.8 Å². The zero-order valence-corrected chi connectivity index (χ0v) is 13.3. The van der Waals surface area contributed by atoms with Gasteiger partial charge in [-0.15, -0.1) is 24.8 Å². The van der Waals surface area contributed by atoms with Crippen molar-refractivity contribution in [1.29, 1.82) is 0 Å². The normalized spacial score (nSPS) is 22.5. The molecular formula is C13H27Cl2N3O. The van der Waals surface area contributed by atoms with Crippen LogP contribution in [0.2, 0.25) is 0 Å². The first-order chi connectivity index (χ1) is 8.16. The van der Waals surface area contributed by atoms with Gasteiger partial charge in [0.15, 0.2) is 0 Å². The first-order valence-electron chi connectivity index (χ1n) is 6.94. The predicted octanol–water partition coefficient (Wildman–Crippen LogP) is 1.65. The number of carbonyl (C=O) groups is 1. The van der Waals surface area contributed by atoms with Gasteiger partial charge in [-0.05, 0) is 45.7 Å². The lowest BCUT2D eigenvalue weighted by Crippen LogP contribution is -2.46. The summed E-state index contributed by atoms with van der Waals surface area (Å²) < 4.78 is 0. The minimum Gasteiger partial charge on any atom is -0.343 e. The summed E-state index contributed by atoms with van der Waals surface area (Å²) >= 11 is 0. The summed E-state index contributed by atoms with van der Waals surface area (Å²) in [6, 6.07) is 0.704. The van der Waals surface area contributed by atoms with Gasteiger partial charge in [-0.25, -0.2) is 0 Å². The number of nitrogens with zero attached hydrogens (tertiary/aromatic N) is 2. The third kappa shape index (κ3) is 5.46. The van der Waals surface area contributed by atoms with Gasteiger partial charge >= 0.3 is 0 Å². The monoisotopic (exact) mass is 311 g/mol. The second kappa shape index (κ2) is 9.01. The Balaban J connectivity index is 0.00000162. The van der Waals surface area contributed by atoms with Crippen LogP contribution in [0.15, 0.2) is 0 Å². The molecule has 2 aliphatic rings. The van der Waals surface area contributed by atoms with E-state index in [0.717, 1.165) is 32.0 Å². The van der Waals surface area contributed by atoms with Crippen molar-refractivity contribution in [3.8, 4) is 0 Å². The Labute approximate surface area is 128 Å². The van der Waals surface area contributed by atoms with Gasteiger partial charge in [0.05, 0.1) is 0 Å². The molecule has 6 heteroatoms. The van der Waals surface area contributed by atoms with Crippen molar-refractivity contribution in [2.45, 2.75) is 51.1 Å². The van der Waals surface area contributed by atoms with Gasteiger partial charge < -0.3 is 15.5 Å². The van der Waals surface area contributed by atoms with Crippen molar-refractivity contribution in [3.63, 3.8) is 0 Å². The summed E-state index contributed by atoms with van der Waals surface area (Å²) in [5.74, 6) is 0.236. The highest BCUT2D eigenvalue weighted by molar-refractivity contribution is 5.85. The molecule has 1 atom stereocenters. The number of rotatable bonds is 3. The Hall–Kier alpha value is -0.0300. The van der Waals surface area contributed by atoms with Crippen LogP contribution in [0.5, 0.6) is 0 Å². The number of hydrogen-bond acceptors (Lipinski definition) is 3. The van der Waals surface area contributed by atoms with E-state index >= 15 is 0 Å². The maximum absolute atomic E-state index is 11.9. The SMILES string of the molecule is CC(N)CC(=O)N1CCC(N2CCCC2)CC1.Cl.Cl. The number of nitrogens with two attached hydrogens (primary N) is 1. The molecule has 2 rings (SSSR count). The third-order valence-electron chi connectivity index (χ3n) is 3.97. The van der Waals surface area contributed by atoms with Crippen LogP contribution in [0.25, 0.3) is 0 Å². The Kier molecular flexibility index (Phi) is 8.99. The van der Waals surface area contributed by atoms with E-state index < -0.39 is 0 Å². The molecule has 1 unspecified atom stereocenters. The summed E-state index contributed by atoms with van der Waals surface area (Å²) in [6.45, 7) is 6.27. The van der Waals surface area contributed by atoms with E-state index in [2.05, 4.69) is 4.90 Å². The van der Waals surface area contributed by atoms with Crippen molar-refractivity contribution < 1.29 is 4.79 Å². The number of piperidine rings is 1. The largest absolute Gasteiger partial charge is 0.343 e. The molecule has 0 radical (unpaired) electrons. The Morgan fingerprint density at radius 2 is 1.68 bits per heavy atom. The Morgan fingerprint density at radius 3 is 2.16 bits per heavy atom. The smallest absolute Gasteiger partial charge is 0.224 e. The van der Waals surface area contributed by atoms with Crippen molar-refractivity contribution in [2.24, 2.45) is 5.73 Å². The van der Waals surface area contributed by atoms with Crippen LogP contribution < -0.4 is 5.73 Å². The van der Waals surface area contributed by atoms with E-state index in [1.54, 1.807) is 0 Å². The molecule has 1 amide bonds. The summed E-state index contributed by atoms with van der Waals surface area (Å²) in [6.07, 6.45) is 5.48. The van der Waals surface area contributed by atoms with Crippen LogP contribution in [-0.4, -0.2) is 54.0 Å². The molecule has 0 aromatic heterocycles. The first kappa shape index (κ1) is 19.0. The van der Waals surface area contributed by atoms with Crippen LogP contribution in [0.4, 0.5) is 0 Å². The fraction of sp³-hybridized carbons (Fsp3) is 0.923. The summed E-state index contributed by atoms with van der Waals surface area (Å²) in [5, 5.41) is 0. The quantitative estimate of drug-likeness (QED) is 0.862. The lowest BCUT2D eigenvalue weighted by molar-refractivity contribution is -0.133. The van der Waals surface area contributed by atoms with Gasteiger partial charge in [-0.1, -0.05) is 0 Å². The van der Waals surface area contributed by atoms with Gasteiger partial charge in [0, 0.05) is 31.6 Å². The van der Waals surface area contributed by atoms with Crippen LogP contribution in [0.3, 0.4) is 0 Å².